The van der Waals surface area contributed by atoms with Gasteiger partial charge in [-0.15, -0.1) is 0 Å². The van der Waals surface area contributed by atoms with Crippen molar-refractivity contribution < 1.29 is 4.80 Å². The summed E-state index contributed by atoms with van der Waals surface area (Å²) in [5.74, 6) is 2.64. The second kappa shape index (κ2) is 44.7. The minimum Gasteiger partial charge on any atom is -0.432 e. The second-order valence-corrected chi connectivity index (χ2v) is 24.8. The average molecular weight is 806 g/mol. The fourth-order valence-electron chi connectivity index (χ4n) is 9.23. The summed E-state index contributed by atoms with van der Waals surface area (Å²) < 4.78 is 0. The third kappa shape index (κ3) is 46.9. The molecule has 0 saturated heterocycles. The summed E-state index contributed by atoms with van der Waals surface area (Å²) in [6.45, 7) is 14.1. The maximum absolute atomic E-state index is 12.0. The quantitative estimate of drug-likeness (QED) is 0.0480. The van der Waals surface area contributed by atoms with Gasteiger partial charge in [0.2, 0.25) is 0 Å². The monoisotopic (exact) mass is 805 g/mol. The van der Waals surface area contributed by atoms with Crippen LogP contribution in [0.4, 0.5) is 0 Å². The van der Waals surface area contributed by atoms with E-state index in [1.165, 1.54) is 288 Å². The van der Waals surface area contributed by atoms with E-state index in [0.717, 1.165) is 17.8 Å². The van der Waals surface area contributed by atoms with Gasteiger partial charge in [-0.3, -0.25) is 0 Å². The van der Waals surface area contributed by atoms with E-state index < -0.39 is 8.32 Å². The summed E-state index contributed by atoms with van der Waals surface area (Å²) in [5, 5.41) is 0. The molecule has 0 spiro atoms. The highest BCUT2D eigenvalue weighted by Crippen LogP contribution is 2.28. The van der Waals surface area contributed by atoms with Crippen molar-refractivity contribution in [2.45, 2.75) is 329 Å². The van der Waals surface area contributed by atoms with Gasteiger partial charge in [0.1, 0.15) is 0 Å². The molecule has 0 bridgehead atoms. The summed E-state index contributed by atoms with van der Waals surface area (Å²) in [7, 11) is -2.07. The Morgan fingerprint density at radius 1 is 0.214 bits per heavy atom. The smallest absolute Gasteiger partial charge is 0.188 e. The molecule has 0 heterocycles. The van der Waals surface area contributed by atoms with E-state index in [-0.39, 0.29) is 0 Å². The average Bonchev–Trinajstić information content (AvgIpc) is 3.16. The summed E-state index contributed by atoms with van der Waals surface area (Å²) in [5.41, 5.74) is 0. The van der Waals surface area contributed by atoms with E-state index in [2.05, 4.69) is 41.5 Å². The Kier molecular flexibility index (Phi) is 44.9. The van der Waals surface area contributed by atoms with Gasteiger partial charge in [0.15, 0.2) is 8.32 Å². The van der Waals surface area contributed by atoms with E-state index in [1.54, 1.807) is 0 Å². The Morgan fingerprint density at radius 2 is 0.339 bits per heavy atom. The van der Waals surface area contributed by atoms with E-state index in [9.17, 15) is 4.80 Å². The molecule has 0 aromatic heterocycles. The first kappa shape index (κ1) is 56.2. The lowest BCUT2D eigenvalue weighted by Crippen LogP contribution is -2.34. The standard InChI is InChI=1S/C54H112OSi/c1-52(2)46-40-34-28-22-16-10-7-13-19-25-31-37-43-49-56(55,50-44-38-32-26-20-14-8-11-17-23-29-35-41-47-53(3)4)51-45-39-33-27-21-15-9-12-18-24-30-36-42-48-54(5)6/h52-55H,7-51H2,1-6H3. The maximum atomic E-state index is 12.0. The normalized spacial score (nSPS) is 12.3. The molecule has 2 heteroatoms. The number of rotatable bonds is 48. The third-order valence-electron chi connectivity index (χ3n) is 13.3. The van der Waals surface area contributed by atoms with Gasteiger partial charge >= 0.3 is 0 Å². The van der Waals surface area contributed by atoms with Crippen LogP contribution in [0.1, 0.15) is 311 Å². The third-order valence-corrected chi connectivity index (χ3v) is 17.1. The molecule has 0 aromatic rings. The molecule has 0 atom stereocenters. The van der Waals surface area contributed by atoms with Crippen LogP contribution in [0.15, 0.2) is 0 Å². The molecule has 0 saturated carbocycles. The van der Waals surface area contributed by atoms with Crippen molar-refractivity contribution in [1.82, 2.24) is 0 Å². The van der Waals surface area contributed by atoms with Gasteiger partial charge in [-0.1, -0.05) is 311 Å². The molecule has 0 aliphatic rings. The minimum atomic E-state index is -2.07. The molecule has 338 valence electrons. The van der Waals surface area contributed by atoms with Crippen molar-refractivity contribution in [3.05, 3.63) is 0 Å². The van der Waals surface area contributed by atoms with Crippen LogP contribution in [0.2, 0.25) is 18.1 Å². The maximum Gasteiger partial charge on any atom is 0.188 e. The van der Waals surface area contributed by atoms with Crippen molar-refractivity contribution in [3.8, 4) is 0 Å². The Balaban J connectivity index is 4.10. The SMILES string of the molecule is CC(C)CCCCCCCCCCCCCCC[Si](O)(CCCCCCCCCCCCCCCC(C)C)CCCCCCCCCCCCCCCC(C)C. The molecule has 1 N–H and O–H groups in total. The van der Waals surface area contributed by atoms with Crippen molar-refractivity contribution in [2.24, 2.45) is 17.8 Å². The molecule has 0 rings (SSSR count). The van der Waals surface area contributed by atoms with Gasteiger partial charge in [0.05, 0.1) is 0 Å². The predicted octanol–water partition coefficient (Wildman–Crippen LogP) is 20.3. The lowest BCUT2D eigenvalue weighted by atomic mass is 10.0. The molecule has 0 radical (unpaired) electrons. The van der Waals surface area contributed by atoms with Crippen LogP contribution in [0.5, 0.6) is 0 Å². The fraction of sp³-hybridized carbons (Fsp3) is 1.00. The largest absolute Gasteiger partial charge is 0.432 e. The first-order valence-corrected chi connectivity index (χ1v) is 29.5. The molecule has 56 heavy (non-hydrogen) atoms. The lowest BCUT2D eigenvalue weighted by molar-refractivity contribution is 0.489. The van der Waals surface area contributed by atoms with Gasteiger partial charge in [0.25, 0.3) is 0 Å². The second-order valence-electron chi connectivity index (χ2n) is 20.8. The van der Waals surface area contributed by atoms with Gasteiger partial charge in [-0.25, -0.2) is 0 Å². The zero-order valence-electron chi connectivity index (χ0n) is 40.5. The summed E-state index contributed by atoms with van der Waals surface area (Å²) >= 11 is 0. The van der Waals surface area contributed by atoms with Crippen LogP contribution in [-0.4, -0.2) is 13.1 Å². The molecule has 0 unspecified atom stereocenters. The van der Waals surface area contributed by atoms with Crippen LogP contribution in [-0.2, 0) is 0 Å². The van der Waals surface area contributed by atoms with Crippen LogP contribution in [0, 0.1) is 17.8 Å². The van der Waals surface area contributed by atoms with E-state index >= 15 is 0 Å². The number of hydrogen-bond donors (Lipinski definition) is 1. The Hall–Kier alpha value is 0.177. The van der Waals surface area contributed by atoms with Crippen LogP contribution in [0.25, 0.3) is 0 Å². The van der Waals surface area contributed by atoms with E-state index in [4.69, 9.17) is 0 Å². The molecule has 0 amide bonds. The molecule has 0 aliphatic carbocycles. The van der Waals surface area contributed by atoms with Gasteiger partial charge in [-0.2, -0.15) is 0 Å². The molecule has 0 fully saturated rings. The lowest BCUT2D eigenvalue weighted by Gasteiger charge is -2.25. The summed E-state index contributed by atoms with van der Waals surface area (Å²) in [6, 6.07) is 3.58. The van der Waals surface area contributed by atoms with Gasteiger partial charge in [0, 0.05) is 0 Å². The minimum absolute atomic E-state index is 0.879. The number of hydrogen-bond acceptors (Lipinski definition) is 1. The zero-order valence-corrected chi connectivity index (χ0v) is 41.5. The van der Waals surface area contributed by atoms with Crippen molar-refractivity contribution >= 4 is 8.32 Å². The summed E-state index contributed by atoms with van der Waals surface area (Å²) in [6.07, 6.45) is 59.9. The Morgan fingerprint density at radius 3 is 0.482 bits per heavy atom. The molecule has 0 aliphatic heterocycles. The molecule has 1 nitrogen and oxygen atoms in total. The molecular formula is C54H112OSi. The summed E-state index contributed by atoms with van der Waals surface area (Å²) in [4.78, 5) is 12.0. The molecule has 0 aromatic carbocycles. The first-order valence-electron chi connectivity index (χ1n) is 27.0. The van der Waals surface area contributed by atoms with Gasteiger partial charge in [-0.05, 0) is 35.9 Å². The zero-order chi connectivity index (χ0) is 41.1. The van der Waals surface area contributed by atoms with Crippen molar-refractivity contribution in [1.29, 1.82) is 0 Å². The van der Waals surface area contributed by atoms with Crippen molar-refractivity contribution in [3.63, 3.8) is 0 Å². The highest BCUT2D eigenvalue weighted by atomic mass is 28.4. The van der Waals surface area contributed by atoms with E-state index in [0.29, 0.717) is 0 Å². The fourth-order valence-corrected chi connectivity index (χ4v) is 12.7. The van der Waals surface area contributed by atoms with Crippen LogP contribution < -0.4 is 0 Å². The highest BCUT2D eigenvalue weighted by molar-refractivity contribution is 6.72. The first-order chi connectivity index (χ1) is 27.2. The Bertz CT molecular complexity index is 622. The number of unbranched alkanes of at least 4 members (excludes halogenated alkanes) is 36. The highest BCUT2D eigenvalue weighted by Gasteiger charge is 2.29. The Labute approximate surface area is 358 Å². The van der Waals surface area contributed by atoms with Crippen LogP contribution >= 0.6 is 0 Å². The van der Waals surface area contributed by atoms with Crippen LogP contribution in [0.3, 0.4) is 0 Å². The molecular weight excluding hydrogens is 693 g/mol. The van der Waals surface area contributed by atoms with E-state index in [1.807, 2.05) is 0 Å². The predicted molar refractivity (Wildman–Crippen MR) is 261 cm³/mol. The topological polar surface area (TPSA) is 20.2 Å². The van der Waals surface area contributed by atoms with Gasteiger partial charge < -0.3 is 4.80 Å². The van der Waals surface area contributed by atoms with Crippen molar-refractivity contribution in [2.75, 3.05) is 0 Å².